The highest BCUT2D eigenvalue weighted by Gasteiger charge is 2.12. The molecule has 0 fully saturated rings. The lowest BCUT2D eigenvalue weighted by molar-refractivity contribution is -0.116. The number of rotatable bonds is 9. The lowest BCUT2D eigenvalue weighted by Crippen LogP contribution is -2.14. The van der Waals surface area contributed by atoms with Gasteiger partial charge >= 0.3 is 0 Å². The Morgan fingerprint density at radius 1 is 0.971 bits per heavy atom. The maximum atomic E-state index is 12.4. The number of oxazole rings is 1. The first-order valence-corrected chi connectivity index (χ1v) is 11.2. The van der Waals surface area contributed by atoms with Gasteiger partial charge in [-0.15, -0.1) is 0 Å². The molecule has 2 heterocycles. The Morgan fingerprint density at radius 2 is 1.74 bits per heavy atom. The van der Waals surface area contributed by atoms with Crippen LogP contribution in [0.15, 0.2) is 82.0 Å². The second kappa shape index (κ2) is 10.7. The fraction of sp³-hybridized carbons (Fsp3) is 0.222. The number of hydrogen-bond donors (Lipinski definition) is 2. The molecule has 4 rings (SSSR count). The summed E-state index contributed by atoms with van der Waals surface area (Å²) in [6.07, 6.45) is 4.76. The molecule has 34 heavy (non-hydrogen) atoms. The van der Waals surface area contributed by atoms with Gasteiger partial charge in [0.05, 0.1) is 12.5 Å². The van der Waals surface area contributed by atoms with Gasteiger partial charge in [-0.1, -0.05) is 44.2 Å². The standard InChI is InChI=1S/C27H27N3O4/c1-18(2)15-19-8-10-20(11-9-19)24-17-28-26(34-24)13-12-25(31)29-21-5-3-6-22(16-21)30-27(32)23-7-4-14-33-23/h3-11,14,16-18H,12-13,15H2,1-2H3,(H,29,31)(H,30,32). The molecule has 0 atom stereocenters. The van der Waals surface area contributed by atoms with Crippen molar-refractivity contribution in [3.05, 3.63) is 90.3 Å². The maximum absolute atomic E-state index is 12.4. The van der Waals surface area contributed by atoms with Crippen LogP contribution in [0.25, 0.3) is 11.3 Å². The Hall–Kier alpha value is -4.13. The Labute approximate surface area is 198 Å². The third kappa shape index (κ3) is 6.22. The first-order valence-electron chi connectivity index (χ1n) is 11.2. The minimum absolute atomic E-state index is 0.174. The molecule has 0 saturated heterocycles. The van der Waals surface area contributed by atoms with Crippen LogP contribution in [-0.4, -0.2) is 16.8 Å². The van der Waals surface area contributed by atoms with E-state index in [0.717, 1.165) is 12.0 Å². The fourth-order valence-electron chi connectivity index (χ4n) is 3.55. The van der Waals surface area contributed by atoms with E-state index in [1.807, 2.05) is 12.1 Å². The zero-order valence-electron chi connectivity index (χ0n) is 19.2. The van der Waals surface area contributed by atoms with Gasteiger partial charge in [-0.25, -0.2) is 4.98 Å². The molecule has 0 aliphatic rings. The summed E-state index contributed by atoms with van der Waals surface area (Å²) in [6.45, 7) is 4.40. The largest absolute Gasteiger partial charge is 0.459 e. The van der Waals surface area contributed by atoms with E-state index in [1.54, 1.807) is 42.6 Å². The number of furan rings is 1. The Morgan fingerprint density at radius 3 is 2.44 bits per heavy atom. The lowest BCUT2D eigenvalue weighted by Gasteiger charge is -2.08. The summed E-state index contributed by atoms with van der Waals surface area (Å²) in [6, 6.07) is 18.4. The van der Waals surface area contributed by atoms with Crippen LogP contribution in [0, 0.1) is 5.92 Å². The summed E-state index contributed by atoms with van der Waals surface area (Å²) in [5, 5.41) is 5.58. The van der Waals surface area contributed by atoms with Gasteiger partial charge in [0.1, 0.15) is 0 Å². The van der Waals surface area contributed by atoms with Gasteiger partial charge < -0.3 is 19.5 Å². The number of aryl methyl sites for hydroxylation is 1. The van der Waals surface area contributed by atoms with Crippen molar-refractivity contribution in [2.75, 3.05) is 10.6 Å². The molecule has 7 nitrogen and oxygen atoms in total. The predicted octanol–water partition coefficient (Wildman–Crippen LogP) is 5.96. The van der Waals surface area contributed by atoms with Crippen LogP contribution in [0.1, 0.15) is 42.3 Å². The number of nitrogens with zero attached hydrogens (tertiary/aromatic N) is 1. The monoisotopic (exact) mass is 457 g/mol. The molecule has 7 heteroatoms. The van der Waals surface area contributed by atoms with Crippen molar-refractivity contribution in [3.63, 3.8) is 0 Å². The van der Waals surface area contributed by atoms with Gasteiger partial charge in [0.15, 0.2) is 17.4 Å². The second-order valence-corrected chi connectivity index (χ2v) is 8.47. The van der Waals surface area contributed by atoms with Crippen LogP contribution in [-0.2, 0) is 17.6 Å². The summed E-state index contributed by atoms with van der Waals surface area (Å²) in [5.41, 5.74) is 3.39. The van der Waals surface area contributed by atoms with Crippen LogP contribution in [0.3, 0.4) is 0 Å². The van der Waals surface area contributed by atoms with Crippen molar-refractivity contribution in [2.45, 2.75) is 33.1 Å². The van der Waals surface area contributed by atoms with Gasteiger partial charge in [0.2, 0.25) is 5.91 Å². The van der Waals surface area contributed by atoms with Crippen LogP contribution in [0.2, 0.25) is 0 Å². The zero-order valence-corrected chi connectivity index (χ0v) is 19.2. The smallest absolute Gasteiger partial charge is 0.291 e. The number of benzene rings is 2. The van der Waals surface area contributed by atoms with E-state index in [0.29, 0.717) is 35.4 Å². The van der Waals surface area contributed by atoms with Gasteiger partial charge in [-0.05, 0) is 48.2 Å². The first-order chi connectivity index (χ1) is 16.5. The molecule has 0 unspecified atom stereocenters. The topological polar surface area (TPSA) is 97.4 Å². The molecular weight excluding hydrogens is 430 g/mol. The van der Waals surface area contributed by atoms with Gasteiger partial charge in [-0.2, -0.15) is 0 Å². The third-order valence-electron chi connectivity index (χ3n) is 5.15. The molecule has 0 spiro atoms. The maximum Gasteiger partial charge on any atom is 0.291 e. The molecule has 174 valence electrons. The SMILES string of the molecule is CC(C)Cc1ccc(-c2cnc(CCC(=O)Nc3cccc(NC(=O)c4ccco4)c3)o2)cc1. The van der Waals surface area contributed by atoms with Gasteiger partial charge in [0, 0.05) is 29.8 Å². The summed E-state index contributed by atoms with van der Waals surface area (Å²) in [7, 11) is 0. The van der Waals surface area contributed by atoms with Crippen LogP contribution in [0.4, 0.5) is 11.4 Å². The van der Waals surface area contributed by atoms with Gasteiger partial charge in [-0.3, -0.25) is 9.59 Å². The lowest BCUT2D eigenvalue weighted by atomic mass is 10.0. The predicted molar refractivity (Wildman–Crippen MR) is 131 cm³/mol. The Bertz CT molecular complexity index is 1240. The van der Waals surface area contributed by atoms with E-state index in [9.17, 15) is 9.59 Å². The first kappa shape index (κ1) is 23.0. The van der Waals surface area contributed by atoms with Crippen molar-refractivity contribution in [2.24, 2.45) is 5.92 Å². The third-order valence-corrected chi connectivity index (χ3v) is 5.15. The average Bonchev–Trinajstić information content (AvgIpc) is 3.51. The van der Waals surface area contributed by atoms with Crippen molar-refractivity contribution in [1.82, 2.24) is 4.98 Å². The van der Waals surface area contributed by atoms with Crippen LogP contribution in [0.5, 0.6) is 0 Å². The number of anilines is 2. The van der Waals surface area contributed by atoms with Crippen LogP contribution < -0.4 is 10.6 Å². The van der Waals surface area contributed by atoms with E-state index >= 15 is 0 Å². The highest BCUT2D eigenvalue weighted by molar-refractivity contribution is 6.02. The highest BCUT2D eigenvalue weighted by Crippen LogP contribution is 2.23. The molecule has 4 aromatic rings. The molecule has 0 radical (unpaired) electrons. The molecule has 2 amide bonds. The molecule has 2 N–H and O–H groups in total. The van der Waals surface area contributed by atoms with Crippen LogP contribution >= 0.6 is 0 Å². The van der Waals surface area contributed by atoms with Crippen molar-refractivity contribution in [1.29, 1.82) is 0 Å². The zero-order chi connectivity index (χ0) is 23.9. The molecule has 2 aromatic carbocycles. The number of carbonyl (C=O) groups is 2. The highest BCUT2D eigenvalue weighted by atomic mass is 16.4. The van der Waals surface area contributed by atoms with E-state index in [-0.39, 0.29) is 24.0 Å². The van der Waals surface area contributed by atoms with E-state index in [1.165, 1.54) is 11.8 Å². The Balaban J connectivity index is 1.29. The number of amides is 2. The van der Waals surface area contributed by atoms with Crippen molar-refractivity contribution >= 4 is 23.2 Å². The second-order valence-electron chi connectivity index (χ2n) is 8.47. The number of carbonyl (C=O) groups excluding carboxylic acids is 2. The molecule has 0 aliphatic carbocycles. The number of nitrogens with one attached hydrogen (secondary N) is 2. The summed E-state index contributed by atoms with van der Waals surface area (Å²) < 4.78 is 10.9. The molecule has 2 aromatic heterocycles. The molecule has 0 bridgehead atoms. The Kier molecular flexibility index (Phi) is 7.22. The van der Waals surface area contributed by atoms with E-state index in [4.69, 9.17) is 8.83 Å². The van der Waals surface area contributed by atoms with E-state index < -0.39 is 0 Å². The minimum Gasteiger partial charge on any atom is -0.459 e. The van der Waals surface area contributed by atoms with E-state index in [2.05, 4.69) is 41.6 Å². The minimum atomic E-state index is -0.359. The molecular formula is C27H27N3O4. The fourth-order valence-corrected chi connectivity index (χ4v) is 3.55. The summed E-state index contributed by atoms with van der Waals surface area (Å²) in [5.74, 6) is 1.49. The summed E-state index contributed by atoms with van der Waals surface area (Å²) in [4.78, 5) is 28.9. The van der Waals surface area contributed by atoms with Crippen molar-refractivity contribution in [3.8, 4) is 11.3 Å². The quantitative estimate of drug-likeness (QED) is 0.323. The number of aromatic nitrogens is 1. The van der Waals surface area contributed by atoms with Crippen molar-refractivity contribution < 1.29 is 18.4 Å². The molecule has 0 saturated carbocycles. The normalized spacial score (nSPS) is 10.9. The molecule has 0 aliphatic heterocycles. The van der Waals surface area contributed by atoms with Gasteiger partial charge in [0.25, 0.3) is 5.91 Å². The average molecular weight is 458 g/mol. The number of hydrogen-bond acceptors (Lipinski definition) is 5. The summed E-state index contributed by atoms with van der Waals surface area (Å²) >= 11 is 0.